The number of halogens is 1. The van der Waals surface area contributed by atoms with Crippen molar-refractivity contribution in [2.24, 2.45) is 0 Å². The van der Waals surface area contributed by atoms with Crippen LogP contribution in [0.4, 0.5) is 0 Å². The Morgan fingerprint density at radius 1 is 1.38 bits per heavy atom. The van der Waals surface area contributed by atoms with Crippen LogP contribution in [0.1, 0.15) is 29.3 Å². The van der Waals surface area contributed by atoms with Gasteiger partial charge in [0.05, 0.1) is 6.04 Å². The fourth-order valence-corrected chi connectivity index (χ4v) is 5.04. The summed E-state index contributed by atoms with van der Waals surface area (Å²) in [6, 6.07) is 5.33. The second-order valence-electron chi connectivity index (χ2n) is 6.63. The molecule has 8 heteroatoms. The molecule has 3 aromatic rings. The maximum atomic E-state index is 13.1. The Kier molecular flexibility index (Phi) is 3.77. The highest BCUT2D eigenvalue weighted by Gasteiger charge is 2.32. The summed E-state index contributed by atoms with van der Waals surface area (Å²) in [5, 5.41) is 16.3. The number of hydrogen-bond acceptors (Lipinski definition) is 5. The van der Waals surface area contributed by atoms with Crippen LogP contribution in [0.2, 0.25) is 5.02 Å². The van der Waals surface area contributed by atoms with Crippen molar-refractivity contribution in [2.75, 3.05) is 12.3 Å². The van der Waals surface area contributed by atoms with Gasteiger partial charge in [0.15, 0.2) is 5.16 Å². The number of fused-ring (bicyclic) bond motifs is 4. The van der Waals surface area contributed by atoms with Crippen molar-refractivity contribution in [3.05, 3.63) is 50.4 Å². The third-order valence-corrected chi connectivity index (χ3v) is 6.41. The first-order chi connectivity index (χ1) is 12.6. The lowest BCUT2D eigenvalue weighted by Crippen LogP contribution is -2.37. The first-order valence-corrected chi connectivity index (χ1v) is 9.99. The second-order valence-corrected chi connectivity index (χ2v) is 8.13. The quantitative estimate of drug-likeness (QED) is 0.558. The molecule has 6 nitrogen and oxygen atoms in total. The van der Waals surface area contributed by atoms with E-state index in [1.54, 1.807) is 4.57 Å². The molecular weight excluding hydrogens is 372 g/mol. The van der Waals surface area contributed by atoms with Gasteiger partial charge in [-0.2, -0.15) is 4.98 Å². The van der Waals surface area contributed by atoms with Crippen molar-refractivity contribution in [3.63, 3.8) is 0 Å². The second kappa shape index (κ2) is 6.04. The Hall–Kier alpha value is -1.96. The third kappa shape index (κ3) is 2.38. The average molecular weight is 389 g/mol. The Labute approximate surface area is 158 Å². The highest BCUT2D eigenvalue weighted by molar-refractivity contribution is 7.99. The lowest BCUT2D eigenvalue weighted by atomic mass is 9.95. The third-order valence-electron chi connectivity index (χ3n) is 5.11. The van der Waals surface area contributed by atoms with E-state index in [0.717, 1.165) is 40.8 Å². The predicted octanol–water partition coefficient (Wildman–Crippen LogP) is 2.81. The maximum Gasteiger partial charge on any atom is 0.263 e. The summed E-state index contributed by atoms with van der Waals surface area (Å²) < 4.78 is 1.68. The van der Waals surface area contributed by atoms with Gasteiger partial charge in [-0.25, -0.2) is 0 Å². The number of H-pyrrole nitrogens is 1. The molecule has 2 aromatic heterocycles. The van der Waals surface area contributed by atoms with Gasteiger partial charge in [-0.15, -0.1) is 0 Å². The molecule has 0 bridgehead atoms. The first kappa shape index (κ1) is 16.2. The molecule has 0 amide bonds. The Morgan fingerprint density at radius 2 is 2.27 bits per heavy atom. The van der Waals surface area contributed by atoms with E-state index in [1.165, 1.54) is 11.8 Å². The van der Waals surface area contributed by atoms with Gasteiger partial charge in [-0.05, 0) is 36.6 Å². The van der Waals surface area contributed by atoms with Crippen molar-refractivity contribution >= 4 is 34.3 Å². The monoisotopic (exact) mass is 388 g/mol. The van der Waals surface area contributed by atoms with Gasteiger partial charge in [0, 0.05) is 40.5 Å². The fraction of sp³-hybridized carbons (Fsp3) is 0.333. The Bertz CT molecular complexity index is 1090. The molecule has 4 heterocycles. The Morgan fingerprint density at radius 3 is 3.15 bits per heavy atom. The molecule has 134 valence electrons. The van der Waals surface area contributed by atoms with Crippen molar-refractivity contribution in [2.45, 2.75) is 30.6 Å². The molecule has 3 N–H and O–H groups in total. The number of aromatic hydroxyl groups is 1. The minimum Gasteiger partial charge on any atom is -0.493 e. The van der Waals surface area contributed by atoms with E-state index in [4.69, 9.17) is 11.6 Å². The fourth-order valence-electron chi connectivity index (χ4n) is 3.93. The van der Waals surface area contributed by atoms with Crippen LogP contribution in [0, 0.1) is 0 Å². The zero-order chi connectivity index (χ0) is 17.8. The summed E-state index contributed by atoms with van der Waals surface area (Å²) in [6.45, 7) is 1.36. The summed E-state index contributed by atoms with van der Waals surface area (Å²) >= 11 is 7.68. The molecule has 1 atom stereocenters. The van der Waals surface area contributed by atoms with E-state index < -0.39 is 6.04 Å². The average Bonchev–Trinajstić information content (AvgIpc) is 3.00. The zero-order valence-corrected chi connectivity index (χ0v) is 15.5. The van der Waals surface area contributed by atoms with Gasteiger partial charge in [0.1, 0.15) is 5.56 Å². The Balaban J connectivity index is 1.72. The largest absolute Gasteiger partial charge is 0.493 e. The minimum absolute atomic E-state index is 0.165. The zero-order valence-electron chi connectivity index (χ0n) is 13.9. The number of nitrogens with zero attached hydrogens (tertiary/aromatic N) is 2. The topological polar surface area (TPSA) is 82.9 Å². The van der Waals surface area contributed by atoms with Crippen LogP contribution in [-0.4, -0.2) is 31.9 Å². The molecule has 0 aliphatic carbocycles. The van der Waals surface area contributed by atoms with Gasteiger partial charge >= 0.3 is 0 Å². The number of rotatable bonds is 1. The molecule has 0 fully saturated rings. The highest BCUT2D eigenvalue weighted by Crippen LogP contribution is 2.36. The molecule has 0 saturated carbocycles. The van der Waals surface area contributed by atoms with E-state index in [0.29, 0.717) is 28.8 Å². The lowest BCUT2D eigenvalue weighted by Gasteiger charge is -2.26. The van der Waals surface area contributed by atoms with Gasteiger partial charge in [0.25, 0.3) is 5.56 Å². The van der Waals surface area contributed by atoms with Crippen LogP contribution in [0.15, 0.2) is 28.2 Å². The molecule has 0 unspecified atom stereocenters. The standard InChI is InChI=1S/C18H17ClN4O2S/c19-9-2-3-12-11(8-9)10-4-5-20-15(14(10)21-12)13-16(24)22-18-23(17(13)25)6-1-7-26-18/h2-3,8,15,20-21,24H,1,4-7H2/t15-/m0/s1. The predicted molar refractivity (Wildman–Crippen MR) is 102 cm³/mol. The number of thioether (sulfide) groups is 1. The minimum atomic E-state index is -0.408. The molecule has 0 spiro atoms. The van der Waals surface area contributed by atoms with Crippen molar-refractivity contribution in [1.29, 1.82) is 0 Å². The molecule has 26 heavy (non-hydrogen) atoms. The number of aromatic nitrogens is 3. The summed E-state index contributed by atoms with van der Waals surface area (Å²) in [4.78, 5) is 20.8. The normalized spacial score (nSPS) is 19.3. The number of benzene rings is 1. The van der Waals surface area contributed by atoms with Crippen LogP contribution in [-0.2, 0) is 13.0 Å². The van der Waals surface area contributed by atoms with Gasteiger partial charge < -0.3 is 15.4 Å². The van der Waals surface area contributed by atoms with E-state index in [9.17, 15) is 9.90 Å². The van der Waals surface area contributed by atoms with Crippen LogP contribution in [0.5, 0.6) is 5.88 Å². The van der Waals surface area contributed by atoms with Crippen molar-refractivity contribution in [1.82, 2.24) is 19.9 Å². The van der Waals surface area contributed by atoms with Gasteiger partial charge in [-0.3, -0.25) is 9.36 Å². The maximum absolute atomic E-state index is 13.1. The van der Waals surface area contributed by atoms with Crippen LogP contribution in [0.25, 0.3) is 10.9 Å². The van der Waals surface area contributed by atoms with Gasteiger partial charge in [-0.1, -0.05) is 23.4 Å². The number of hydrogen-bond donors (Lipinski definition) is 3. The van der Waals surface area contributed by atoms with Crippen LogP contribution >= 0.6 is 23.4 Å². The molecular formula is C18H17ClN4O2S. The summed E-state index contributed by atoms with van der Waals surface area (Å²) in [6.07, 6.45) is 1.76. The van der Waals surface area contributed by atoms with E-state index >= 15 is 0 Å². The molecule has 5 rings (SSSR count). The first-order valence-electron chi connectivity index (χ1n) is 8.63. The van der Waals surface area contributed by atoms with E-state index in [1.807, 2.05) is 18.2 Å². The molecule has 1 aromatic carbocycles. The molecule has 0 saturated heterocycles. The number of nitrogens with one attached hydrogen (secondary N) is 2. The number of aromatic amines is 1. The van der Waals surface area contributed by atoms with Crippen LogP contribution < -0.4 is 10.9 Å². The molecule has 2 aliphatic heterocycles. The van der Waals surface area contributed by atoms with Crippen molar-refractivity contribution < 1.29 is 5.11 Å². The van der Waals surface area contributed by atoms with E-state index in [-0.39, 0.29) is 11.4 Å². The summed E-state index contributed by atoms with van der Waals surface area (Å²) in [7, 11) is 0. The summed E-state index contributed by atoms with van der Waals surface area (Å²) in [5.74, 6) is 0.734. The smallest absolute Gasteiger partial charge is 0.263 e. The molecule has 2 aliphatic rings. The highest BCUT2D eigenvalue weighted by atomic mass is 35.5. The molecule has 0 radical (unpaired) electrons. The van der Waals surface area contributed by atoms with Gasteiger partial charge in [0.2, 0.25) is 5.88 Å². The SMILES string of the molecule is O=c1c([C@@H]2NCCc3c2[nH]c2ccc(Cl)cc32)c(O)nc2n1CCCS2. The lowest BCUT2D eigenvalue weighted by molar-refractivity contribution is 0.405. The summed E-state index contributed by atoms with van der Waals surface area (Å²) in [5.41, 5.74) is 3.18. The van der Waals surface area contributed by atoms with Crippen molar-refractivity contribution in [3.8, 4) is 5.88 Å². The van der Waals surface area contributed by atoms with Crippen LogP contribution in [0.3, 0.4) is 0 Å². The van der Waals surface area contributed by atoms with E-state index in [2.05, 4.69) is 15.3 Å².